The molecule has 1 heterocycles. The van der Waals surface area contributed by atoms with Crippen molar-refractivity contribution in [1.82, 2.24) is 9.55 Å². The fourth-order valence-corrected chi connectivity index (χ4v) is 1.59. The number of ether oxygens (including phenoxy) is 1. The molecule has 2 rings (SSSR count). The molecule has 0 spiro atoms. The summed E-state index contributed by atoms with van der Waals surface area (Å²) in [5, 5.41) is 0. The quantitative estimate of drug-likeness (QED) is 0.777. The normalized spacial score (nSPS) is 11.3. The molecule has 0 aliphatic heterocycles. The summed E-state index contributed by atoms with van der Waals surface area (Å²) in [6.07, 6.45) is 6.54. The molecular formula is C14H14N2O2. The first-order valence-electron chi connectivity index (χ1n) is 5.55. The second-order valence-electron chi connectivity index (χ2n) is 3.88. The number of hydrogen-bond acceptors (Lipinski definition) is 3. The molecule has 0 N–H and O–H groups in total. The van der Waals surface area contributed by atoms with Crippen LogP contribution in [-0.2, 0) is 0 Å². The Labute approximate surface area is 106 Å². The Balaban J connectivity index is 2.19. The SMILES string of the molecule is COc1ccc(/C=C(\C)C(=O)n2ccnc2)cc1. The van der Waals surface area contributed by atoms with E-state index < -0.39 is 0 Å². The molecule has 92 valence electrons. The van der Waals surface area contributed by atoms with Gasteiger partial charge in [-0.3, -0.25) is 9.36 Å². The Morgan fingerprint density at radius 1 is 1.33 bits per heavy atom. The molecule has 0 amide bonds. The fourth-order valence-electron chi connectivity index (χ4n) is 1.59. The van der Waals surface area contributed by atoms with E-state index in [2.05, 4.69) is 4.98 Å². The van der Waals surface area contributed by atoms with E-state index in [1.807, 2.05) is 30.3 Å². The van der Waals surface area contributed by atoms with Crippen LogP contribution in [0.4, 0.5) is 0 Å². The number of allylic oxidation sites excluding steroid dienone is 1. The number of methoxy groups -OCH3 is 1. The van der Waals surface area contributed by atoms with Crippen molar-refractivity contribution in [2.24, 2.45) is 0 Å². The van der Waals surface area contributed by atoms with Crippen molar-refractivity contribution in [2.45, 2.75) is 6.92 Å². The highest BCUT2D eigenvalue weighted by Gasteiger charge is 2.06. The van der Waals surface area contributed by atoms with E-state index in [0.29, 0.717) is 5.57 Å². The van der Waals surface area contributed by atoms with E-state index in [1.165, 1.54) is 10.9 Å². The third kappa shape index (κ3) is 2.66. The molecule has 1 aromatic carbocycles. The Morgan fingerprint density at radius 3 is 2.61 bits per heavy atom. The first kappa shape index (κ1) is 12.1. The van der Waals surface area contributed by atoms with Crippen LogP contribution < -0.4 is 4.74 Å². The largest absolute Gasteiger partial charge is 0.497 e. The molecule has 18 heavy (non-hydrogen) atoms. The second-order valence-corrected chi connectivity index (χ2v) is 3.88. The molecule has 0 saturated heterocycles. The Bertz CT molecular complexity index is 554. The van der Waals surface area contributed by atoms with E-state index in [9.17, 15) is 4.79 Å². The van der Waals surface area contributed by atoms with Gasteiger partial charge in [-0.2, -0.15) is 0 Å². The molecule has 2 aromatic rings. The Kier molecular flexibility index (Phi) is 3.57. The van der Waals surface area contributed by atoms with Crippen LogP contribution in [0, 0.1) is 0 Å². The van der Waals surface area contributed by atoms with Crippen LogP contribution in [-0.4, -0.2) is 22.6 Å². The van der Waals surface area contributed by atoms with Gasteiger partial charge in [0.25, 0.3) is 5.91 Å². The summed E-state index contributed by atoms with van der Waals surface area (Å²) in [6.45, 7) is 1.78. The summed E-state index contributed by atoms with van der Waals surface area (Å²) in [7, 11) is 1.62. The first-order valence-corrected chi connectivity index (χ1v) is 5.55. The van der Waals surface area contributed by atoms with Gasteiger partial charge in [-0.1, -0.05) is 12.1 Å². The molecule has 0 radical (unpaired) electrons. The zero-order valence-corrected chi connectivity index (χ0v) is 10.3. The maximum Gasteiger partial charge on any atom is 0.258 e. The van der Waals surface area contributed by atoms with Crippen LogP contribution in [0.3, 0.4) is 0 Å². The van der Waals surface area contributed by atoms with E-state index in [-0.39, 0.29) is 5.91 Å². The van der Waals surface area contributed by atoms with Crippen molar-refractivity contribution in [2.75, 3.05) is 7.11 Å². The maximum absolute atomic E-state index is 12.0. The van der Waals surface area contributed by atoms with Gasteiger partial charge in [0.15, 0.2) is 0 Å². The van der Waals surface area contributed by atoms with Crippen LogP contribution >= 0.6 is 0 Å². The minimum absolute atomic E-state index is 0.0803. The number of nitrogens with zero attached hydrogens (tertiary/aromatic N) is 2. The third-order valence-corrected chi connectivity index (χ3v) is 2.58. The van der Waals surface area contributed by atoms with E-state index in [4.69, 9.17) is 4.74 Å². The van der Waals surface area contributed by atoms with Gasteiger partial charge in [-0.15, -0.1) is 0 Å². The molecule has 0 aliphatic rings. The lowest BCUT2D eigenvalue weighted by molar-refractivity contribution is 0.0956. The summed E-state index contributed by atoms with van der Waals surface area (Å²) in [4.78, 5) is 15.8. The second kappa shape index (κ2) is 5.31. The van der Waals surface area contributed by atoms with Gasteiger partial charge in [-0.25, -0.2) is 4.98 Å². The van der Waals surface area contributed by atoms with Crippen molar-refractivity contribution in [3.63, 3.8) is 0 Å². The predicted molar refractivity (Wildman–Crippen MR) is 69.5 cm³/mol. The Hall–Kier alpha value is -2.36. The van der Waals surface area contributed by atoms with Gasteiger partial charge in [0.05, 0.1) is 7.11 Å². The lowest BCUT2D eigenvalue weighted by atomic mass is 10.1. The molecule has 0 aliphatic carbocycles. The molecule has 4 heteroatoms. The Morgan fingerprint density at radius 2 is 2.06 bits per heavy atom. The van der Waals surface area contributed by atoms with Crippen LogP contribution in [0.5, 0.6) is 5.75 Å². The minimum atomic E-state index is -0.0803. The highest BCUT2D eigenvalue weighted by Crippen LogP contribution is 2.14. The van der Waals surface area contributed by atoms with Crippen molar-refractivity contribution >= 4 is 12.0 Å². The summed E-state index contributed by atoms with van der Waals surface area (Å²) in [5.41, 5.74) is 1.61. The van der Waals surface area contributed by atoms with Gasteiger partial charge in [0.2, 0.25) is 0 Å². The maximum atomic E-state index is 12.0. The average molecular weight is 242 g/mol. The highest BCUT2D eigenvalue weighted by atomic mass is 16.5. The van der Waals surface area contributed by atoms with Gasteiger partial charge in [-0.05, 0) is 30.7 Å². The van der Waals surface area contributed by atoms with Crippen LogP contribution in [0.2, 0.25) is 0 Å². The van der Waals surface area contributed by atoms with Crippen LogP contribution in [0.15, 0.2) is 48.6 Å². The van der Waals surface area contributed by atoms with Crippen molar-refractivity contribution < 1.29 is 9.53 Å². The fraction of sp³-hybridized carbons (Fsp3) is 0.143. The number of carbonyl (C=O) groups excluding carboxylic acids is 1. The van der Waals surface area contributed by atoms with Gasteiger partial charge in [0.1, 0.15) is 12.1 Å². The van der Waals surface area contributed by atoms with Crippen LogP contribution in [0.25, 0.3) is 6.08 Å². The van der Waals surface area contributed by atoms with Gasteiger partial charge in [0, 0.05) is 18.0 Å². The standard InChI is InChI=1S/C14H14N2O2/c1-11(14(17)16-8-7-15-10-16)9-12-3-5-13(18-2)6-4-12/h3-10H,1-2H3/b11-9+. The summed E-state index contributed by atoms with van der Waals surface area (Å²) < 4.78 is 6.53. The van der Waals surface area contributed by atoms with Crippen LogP contribution in [0.1, 0.15) is 17.3 Å². The first-order chi connectivity index (χ1) is 8.70. The molecule has 4 nitrogen and oxygen atoms in total. The lowest BCUT2D eigenvalue weighted by Crippen LogP contribution is -2.09. The summed E-state index contributed by atoms with van der Waals surface area (Å²) in [6, 6.07) is 7.54. The van der Waals surface area contributed by atoms with Crippen molar-refractivity contribution in [3.05, 3.63) is 54.1 Å². The number of benzene rings is 1. The number of imidazole rings is 1. The average Bonchev–Trinajstić information content (AvgIpc) is 2.92. The van der Waals surface area contributed by atoms with Gasteiger partial charge < -0.3 is 4.74 Å². The molecular weight excluding hydrogens is 228 g/mol. The molecule has 0 saturated carbocycles. The number of rotatable bonds is 3. The zero-order chi connectivity index (χ0) is 13.0. The molecule has 0 unspecified atom stereocenters. The molecule has 0 fully saturated rings. The summed E-state index contributed by atoms with van der Waals surface area (Å²) in [5.74, 6) is 0.717. The van der Waals surface area contributed by atoms with E-state index in [1.54, 1.807) is 26.4 Å². The van der Waals surface area contributed by atoms with E-state index >= 15 is 0 Å². The smallest absolute Gasteiger partial charge is 0.258 e. The highest BCUT2D eigenvalue weighted by molar-refractivity contribution is 5.98. The van der Waals surface area contributed by atoms with Crippen molar-refractivity contribution in [1.29, 1.82) is 0 Å². The summed E-state index contributed by atoms with van der Waals surface area (Å²) >= 11 is 0. The minimum Gasteiger partial charge on any atom is -0.497 e. The van der Waals surface area contributed by atoms with Gasteiger partial charge >= 0.3 is 0 Å². The predicted octanol–water partition coefficient (Wildman–Crippen LogP) is 2.64. The zero-order valence-electron chi connectivity index (χ0n) is 10.3. The lowest BCUT2D eigenvalue weighted by Gasteiger charge is -2.02. The number of aromatic nitrogens is 2. The third-order valence-electron chi connectivity index (χ3n) is 2.58. The number of carbonyl (C=O) groups is 1. The molecule has 1 aromatic heterocycles. The number of hydrogen-bond donors (Lipinski definition) is 0. The topological polar surface area (TPSA) is 44.1 Å². The molecule has 0 bridgehead atoms. The monoisotopic (exact) mass is 242 g/mol. The molecule has 0 atom stereocenters. The van der Waals surface area contributed by atoms with Crippen molar-refractivity contribution in [3.8, 4) is 5.75 Å². The van der Waals surface area contributed by atoms with E-state index in [0.717, 1.165) is 11.3 Å².